The van der Waals surface area contributed by atoms with E-state index >= 15 is 0 Å². The number of aliphatic carboxylic acids is 1. The summed E-state index contributed by atoms with van der Waals surface area (Å²) in [5.74, 6) is -2.71. The number of aliphatic hydroxyl groups is 9. The Balaban J connectivity index is 1.49. The standard InChI is InChI=1S/C46H82O21/c1-4-5-19-29(20-18-23-31(50)30(49)21-16-14-12-10-8-6-7-9-11-13-15-17-22-32(51)43(58)59)64-45-41(36(54)33(52)24-61-45)67-46-42(37(55)34(53)25-62-46)66-44-39(57)38(56)40(63-28(3)48)35(65-44)26-60-27(2)47/h29-42,44-46,49-57H,4-26H2,1-3H3,(H,58,59)/t29-,30+,31+,32+,33-,34-,35-,36+,37+,38-,39-,40-,41-,42-,44+,45+,46+/m1/s1. The molecule has 0 aromatic heterocycles. The number of esters is 2. The van der Waals surface area contributed by atoms with Crippen LogP contribution in [0.5, 0.6) is 0 Å². The van der Waals surface area contributed by atoms with Gasteiger partial charge in [-0.15, -0.1) is 0 Å². The van der Waals surface area contributed by atoms with Crippen molar-refractivity contribution in [3.63, 3.8) is 0 Å². The number of ether oxygens (including phenoxy) is 8. The molecular weight excluding hydrogens is 888 g/mol. The van der Waals surface area contributed by atoms with E-state index in [0.717, 1.165) is 104 Å². The Kier molecular flexibility index (Phi) is 28.2. The van der Waals surface area contributed by atoms with Crippen LogP contribution in [0, 0.1) is 0 Å². The average molecular weight is 971 g/mol. The highest BCUT2D eigenvalue weighted by Crippen LogP contribution is 2.32. The van der Waals surface area contributed by atoms with Crippen LogP contribution in [0.1, 0.15) is 149 Å². The Labute approximate surface area is 393 Å². The summed E-state index contributed by atoms with van der Waals surface area (Å²) in [6, 6.07) is 0. The van der Waals surface area contributed by atoms with E-state index < -0.39 is 135 Å². The van der Waals surface area contributed by atoms with Crippen LogP contribution >= 0.6 is 0 Å². The number of unbranched alkanes of at least 4 members (excludes halogenated alkanes) is 12. The zero-order chi connectivity index (χ0) is 49.5. The number of hydrogen-bond donors (Lipinski definition) is 10. The number of rotatable bonds is 33. The predicted octanol–water partition coefficient (Wildman–Crippen LogP) is 1.23. The molecule has 0 aromatic rings. The number of carboxylic acids is 1. The number of carbonyl (C=O) groups is 3. The minimum atomic E-state index is -1.91. The van der Waals surface area contributed by atoms with E-state index in [1.165, 1.54) is 0 Å². The fourth-order valence-corrected chi connectivity index (χ4v) is 8.48. The fourth-order valence-electron chi connectivity index (χ4n) is 8.48. The van der Waals surface area contributed by atoms with Gasteiger partial charge in [0.05, 0.1) is 31.5 Å². The van der Waals surface area contributed by atoms with Gasteiger partial charge in [0.25, 0.3) is 0 Å². The van der Waals surface area contributed by atoms with Crippen molar-refractivity contribution in [3.05, 3.63) is 0 Å². The van der Waals surface area contributed by atoms with Gasteiger partial charge in [0.15, 0.2) is 31.1 Å². The van der Waals surface area contributed by atoms with E-state index in [0.29, 0.717) is 38.5 Å². The third-order valence-corrected chi connectivity index (χ3v) is 12.5. The number of carbonyl (C=O) groups excluding carboxylic acids is 2. The van der Waals surface area contributed by atoms with E-state index in [9.17, 15) is 60.3 Å². The third kappa shape index (κ3) is 21.0. The lowest BCUT2D eigenvalue weighted by Gasteiger charge is -2.46. The second-order valence-corrected chi connectivity index (χ2v) is 18.3. The van der Waals surface area contributed by atoms with Crippen molar-refractivity contribution < 1.29 is 103 Å². The molecule has 3 heterocycles. The van der Waals surface area contributed by atoms with Gasteiger partial charge in [-0.3, -0.25) is 9.59 Å². The third-order valence-electron chi connectivity index (χ3n) is 12.5. The van der Waals surface area contributed by atoms with Crippen molar-refractivity contribution in [2.24, 2.45) is 0 Å². The van der Waals surface area contributed by atoms with Crippen LogP contribution in [0.25, 0.3) is 0 Å². The largest absolute Gasteiger partial charge is 0.479 e. The first kappa shape index (κ1) is 59.1. The van der Waals surface area contributed by atoms with Gasteiger partial charge < -0.3 is 89.0 Å². The van der Waals surface area contributed by atoms with Gasteiger partial charge in [0.1, 0.15) is 61.5 Å². The molecule has 0 unspecified atom stereocenters. The molecule has 3 saturated heterocycles. The zero-order valence-corrected chi connectivity index (χ0v) is 39.5. The topological polar surface area (TPSA) is 327 Å². The number of hydrogen-bond acceptors (Lipinski definition) is 20. The summed E-state index contributed by atoms with van der Waals surface area (Å²) >= 11 is 0. The van der Waals surface area contributed by atoms with Crippen molar-refractivity contribution in [3.8, 4) is 0 Å². The molecule has 3 aliphatic rings. The Morgan fingerprint density at radius 1 is 0.552 bits per heavy atom. The van der Waals surface area contributed by atoms with Gasteiger partial charge in [-0.1, -0.05) is 96.8 Å². The van der Waals surface area contributed by atoms with Crippen LogP contribution in [0.3, 0.4) is 0 Å². The summed E-state index contributed by atoms with van der Waals surface area (Å²) in [6.45, 7) is 2.89. The van der Waals surface area contributed by atoms with Crippen molar-refractivity contribution in [2.75, 3.05) is 19.8 Å². The fraction of sp³-hybridized carbons (Fsp3) is 0.935. The van der Waals surface area contributed by atoms with Crippen LogP contribution < -0.4 is 0 Å². The maximum absolute atomic E-state index is 11.8. The summed E-state index contributed by atoms with van der Waals surface area (Å²) in [4.78, 5) is 34.0. The van der Waals surface area contributed by atoms with Crippen molar-refractivity contribution in [2.45, 2.75) is 254 Å². The molecule has 0 aromatic carbocycles. The number of aliphatic hydroxyl groups excluding tert-OH is 9. The molecule has 17 atom stereocenters. The lowest BCUT2D eigenvalue weighted by atomic mass is 9.98. The highest BCUT2D eigenvalue weighted by Gasteiger charge is 2.52. The van der Waals surface area contributed by atoms with Crippen molar-refractivity contribution >= 4 is 17.9 Å². The van der Waals surface area contributed by atoms with E-state index in [-0.39, 0.29) is 6.61 Å². The molecule has 67 heavy (non-hydrogen) atoms. The Morgan fingerprint density at radius 3 is 1.55 bits per heavy atom. The van der Waals surface area contributed by atoms with E-state index in [4.69, 9.17) is 43.0 Å². The molecule has 0 saturated carbocycles. The summed E-state index contributed by atoms with van der Waals surface area (Å²) < 4.78 is 45.8. The average Bonchev–Trinajstić information content (AvgIpc) is 3.28. The molecule has 21 nitrogen and oxygen atoms in total. The maximum atomic E-state index is 11.8. The van der Waals surface area contributed by atoms with Crippen molar-refractivity contribution in [1.29, 1.82) is 0 Å². The first-order valence-corrected chi connectivity index (χ1v) is 24.5. The normalized spacial score (nSPS) is 32.0. The monoisotopic (exact) mass is 971 g/mol. The zero-order valence-electron chi connectivity index (χ0n) is 39.5. The van der Waals surface area contributed by atoms with Crippen molar-refractivity contribution in [1.82, 2.24) is 0 Å². The minimum Gasteiger partial charge on any atom is -0.479 e. The molecule has 3 fully saturated rings. The van der Waals surface area contributed by atoms with Gasteiger partial charge in [-0.05, 0) is 38.5 Å². The highest BCUT2D eigenvalue weighted by molar-refractivity contribution is 5.71. The summed E-state index contributed by atoms with van der Waals surface area (Å²) in [5.41, 5.74) is 0. The molecule has 3 rings (SSSR count). The van der Waals surface area contributed by atoms with Gasteiger partial charge >= 0.3 is 17.9 Å². The Morgan fingerprint density at radius 2 is 1.03 bits per heavy atom. The lowest BCUT2D eigenvalue weighted by molar-refractivity contribution is -0.380. The molecule has 0 bridgehead atoms. The van der Waals surface area contributed by atoms with Gasteiger partial charge in [0, 0.05) is 13.8 Å². The van der Waals surface area contributed by atoms with Crippen LogP contribution in [0.4, 0.5) is 0 Å². The lowest BCUT2D eigenvalue weighted by Crippen LogP contribution is -2.65. The summed E-state index contributed by atoms with van der Waals surface area (Å²) in [6.07, 6.45) is -7.76. The molecule has 0 amide bonds. The molecule has 10 N–H and O–H groups in total. The second kappa shape index (κ2) is 31.9. The first-order chi connectivity index (χ1) is 31.9. The smallest absolute Gasteiger partial charge is 0.332 e. The molecule has 0 radical (unpaired) electrons. The highest BCUT2D eigenvalue weighted by atomic mass is 16.8. The van der Waals surface area contributed by atoms with Gasteiger partial charge in [-0.2, -0.15) is 0 Å². The molecule has 21 heteroatoms. The minimum absolute atomic E-state index is 0.300. The molecule has 392 valence electrons. The first-order valence-electron chi connectivity index (χ1n) is 24.5. The molecule has 0 aliphatic carbocycles. The quantitative estimate of drug-likeness (QED) is 0.0327. The molecular formula is C46H82O21. The summed E-state index contributed by atoms with van der Waals surface area (Å²) in [5, 5.41) is 105. The predicted molar refractivity (Wildman–Crippen MR) is 235 cm³/mol. The SMILES string of the molecule is CCCC[C@H](CCC[C@H](O)[C@@H](O)CCCCCCCCCCCCCC[C@H](O)C(=O)O)O[C@@H]1OC[C@@H](O)[C@H](O)[C@H]1O[C@@H]1OC[C@@H](O)[C@H](O)[C@H]1O[C@@H]1O[C@H](COC(C)=O)[C@@H](OC(C)=O)[C@H](O)[C@H]1O. The Bertz CT molecular complexity index is 1380. The van der Waals surface area contributed by atoms with E-state index in [2.05, 4.69) is 0 Å². The number of carboxylic acid groups (broad SMARTS) is 1. The van der Waals surface area contributed by atoms with Crippen LogP contribution in [-0.4, -0.2) is 193 Å². The van der Waals surface area contributed by atoms with Gasteiger partial charge in [-0.25, -0.2) is 4.79 Å². The molecule has 0 spiro atoms. The van der Waals surface area contributed by atoms with Crippen LogP contribution in [0.15, 0.2) is 0 Å². The second-order valence-electron chi connectivity index (χ2n) is 18.3. The Hall–Kier alpha value is -2.19. The van der Waals surface area contributed by atoms with Crippen LogP contribution in [0.2, 0.25) is 0 Å². The van der Waals surface area contributed by atoms with Crippen LogP contribution in [-0.2, 0) is 52.3 Å². The van der Waals surface area contributed by atoms with Gasteiger partial charge in [0.2, 0.25) is 0 Å². The maximum Gasteiger partial charge on any atom is 0.332 e. The van der Waals surface area contributed by atoms with E-state index in [1.54, 1.807) is 0 Å². The molecule has 3 aliphatic heterocycles. The van der Waals surface area contributed by atoms with E-state index in [1.807, 2.05) is 6.92 Å². The summed E-state index contributed by atoms with van der Waals surface area (Å²) in [7, 11) is 0.